The molecule has 0 aliphatic heterocycles. The monoisotopic (exact) mass is 334 g/mol. The predicted molar refractivity (Wildman–Crippen MR) is 79.1 cm³/mol. The van der Waals surface area contributed by atoms with Gasteiger partial charge in [0.05, 0.1) is 6.61 Å². The Bertz CT molecular complexity index is 622. The summed E-state index contributed by atoms with van der Waals surface area (Å²) < 4.78 is 29.5. The van der Waals surface area contributed by atoms with Crippen LogP contribution in [0.1, 0.15) is 30.3 Å². The molecule has 0 N–H and O–H groups in total. The van der Waals surface area contributed by atoms with E-state index in [-0.39, 0.29) is 16.8 Å². The van der Waals surface area contributed by atoms with E-state index in [9.17, 15) is 13.2 Å². The van der Waals surface area contributed by atoms with E-state index in [0.29, 0.717) is 25.4 Å². The number of nitrogens with zero attached hydrogens (tertiary/aromatic N) is 2. The van der Waals surface area contributed by atoms with Gasteiger partial charge in [0, 0.05) is 43.1 Å². The number of halogens is 1. The molecule has 21 heavy (non-hydrogen) atoms. The Labute approximate surface area is 129 Å². The lowest BCUT2D eigenvalue weighted by Gasteiger charge is -2.21. The highest BCUT2D eigenvalue weighted by Gasteiger charge is 2.33. The lowest BCUT2D eigenvalue weighted by molar-refractivity contribution is 0.0739. The fourth-order valence-electron chi connectivity index (χ4n) is 2.27. The SMILES string of the molecule is CCN(C(=O)c1cc(S(=O)(=O)Cl)cn1CCOC)C1CC1. The number of methoxy groups -OCH3 is 1. The van der Waals surface area contributed by atoms with Crippen LogP contribution in [-0.4, -0.2) is 50.1 Å². The summed E-state index contributed by atoms with van der Waals surface area (Å²) in [6, 6.07) is 1.61. The van der Waals surface area contributed by atoms with Gasteiger partial charge in [-0.05, 0) is 25.8 Å². The molecule has 1 amide bonds. The van der Waals surface area contributed by atoms with Gasteiger partial charge in [0.15, 0.2) is 0 Å². The van der Waals surface area contributed by atoms with Gasteiger partial charge in [0.25, 0.3) is 15.0 Å². The molecule has 118 valence electrons. The number of carbonyl (C=O) groups is 1. The average Bonchev–Trinajstić information content (AvgIpc) is 3.14. The zero-order chi connectivity index (χ0) is 15.6. The molecule has 0 atom stereocenters. The summed E-state index contributed by atoms with van der Waals surface area (Å²) in [6.45, 7) is 3.29. The highest BCUT2D eigenvalue weighted by molar-refractivity contribution is 8.13. The number of rotatable bonds is 7. The fourth-order valence-corrected chi connectivity index (χ4v) is 3.03. The number of carbonyl (C=O) groups excluding carboxylic acids is 1. The average molecular weight is 335 g/mol. The Morgan fingerprint density at radius 1 is 1.52 bits per heavy atom. The Morgan fingerprint density at radius 2 is 2.19 bits per heavy atom. The molecule has 1 aromatic heterocycles. The van der Waals surface area contributed by atoms with Gasteiger partial charge < -0.3 is 14.2 Å². The molecule has 1 aliphatic carbocycles. The van der Waals surface area contributed by atoms with Crippen LogP contribution in [0.15, 0.2) is 17.2 Å². The fraction of sp³-hybridized carbons (Fsp3) is 0.615. The van der Waals surface area contributed by atoms with E-state index in [2.05, 4.69) is 0 Å². The van der Waals surface area contributed by atoms with Crippen LogP contribution in [0.25, 0.3) is 0 Å². The molecule has 1 saturated carbocycles. The summed E-state index contributed by atoms with van der Waals surface area (Å²) in [6.07, 6.45) is 3.38. The van der Waals surface area contributed by atoms with E-state index in [0.717, 1.165) is 12.8 Å². The van der Waals surface area contributed by atoms with Crippen molar-refractivity contribution in [3.63, 3.8) is 0 Å². The maximum atomic E-state index is 12.6. The summed E-state index contributed by atoms with van der Waals surface area (Å²) in [7, 11) is 3.06. The summed E-state index contributed by atoms with van der Waals surface area (Å²) in [5.41, 5.74) is 0.333. The van der Waals surface area contributed by atoms with Gasteiger partial charge in [-0.3, -0.25) is 4.79 Å². The Morgan fingerprint density at radius 3 is 2.67 bits per heavy atom. The number of ether oxygens (including phenoxy) is 1. The number of aromatic nitrogens is 1. The summed E-state index contributed by atoms with van der Waals surface area (Å²) in [4.78, 5) is 14.3. The summed E-state index contributed by atoms with van der Waals surface area (Å²) in [5, 5.41) is 0. The smallest absolute Gasteiger partial charge is 0.270 e. The van der Waals surface area contributed by atoms with Crippen LogP contribution in [0, 0.1) is 0 Å². The largest absolute Gasteiger partial charge is 0.383 e. The topological polar surface area (TPSA) is 68.6 Å². The highest BCUT2D eigenvalue weighted by Crippen LogP contribution is 2.29. The molecule has 8 heteroatoms. The molecule has 1 aromatic rings. The van der Waals surface area contributed by atoms with Crippen molar-refractivity contribution in [1.82, 2.24) is 9.47 Å². The molecule has 0 unspecified atom stereocenters. The predicted octanol–water partition coefficient (Wildman–Crippen LogP) is 1.69. The minimum atomic E-state index is -3.86. The molecule has 1 heterocycles. The normalized spacial score (nSPS) is 15.2. The standard InChI is InChI=1S/C13H19ClN2O4S/c1-3-16(10-4-5-10)13(17)12-8-11(21(14,18)19)9-15(12)6-7-20-2/h8-10H,3-7H2,1-2H3. The van der Waals surface area contributed by atoms with Crippen LogP contribution in [0.2, 0.25) is 0 Å². The first-order valence-corrected chi connectivity index (χ1v) is 9.14. The van der Waals surface area contributed by atoms with Crippen molar-refractivity contribution in [3.05, 3.63) is 18.0 Å². The molecular weight excluding hydrogens is 316 g/mol. The lowest BCUT2D eigenvalue weighted by atomic mass is 10.3. The van der Waals surface area contributed by atoms with Crippen molar-refractivity contribution in [1.29, 1.82) is 0 Å². The molecule has 0 saturated heterocycles. The number of hydrogen-bond acceptors (Lipinski definition) is 4. The van der Waals surface area contributed by atoms with E-state index in [1.54, 1.807) is 16.6 Å². The van der Waals surface area contributed by atoms with Crippen molar-refractivity contribution in [3.8, 4) is 0 Å². The molecule has 0 bridgehead atoms. The summed E-state index contributed by atoms with van der Waals surface area (Å²) >= 11 is 0. The highest BCUT2D eigenvalue weighted by atomic mass is 35.7. The van der Waals surface area contributed by atoms with Crippen molar-refractivity contribution in [2.45, 2.75) is 37.2 Å². The summed E-state index contributed by atoms with van der Waals surface area (Å²) in [5.74, 6) is -0.164. The van der Waals surface area contributed by atoms with Gasteiger partial charge in [0.1, 0.15) is 10.6 Å². The van der Waals surface area contributed by atoms with Crippen LogP contribution < -0.4 is 0 Å². The first-order valence-electron chi connectivity index (χ1n) is 6.83. The first kappa shape index (κ1) is 16.3. The second-order valence-electron chi connectivity index (χ2n) is 5.01. The second-order valence-corrected chi connectivity index (χ2v) is 7.57. The molecule has 2 rings (SSSR count). The van der Waals surface area contributed by atoms with Crippen molar-refractivity contribution < 1.29 is 17.9 Å². The molecule has 0 aromatic carbocycles. The maximum absolute atomic E-state index is 12.6. The van der Waals surface area contributed by atoms with Crippen LogP contribution >= 0.6 is 10.7 Å². The molecule has 1 aliphatic rings. The second kappa shape index (κ2) is 6.37. The van der Waals surface area contributed by atoms with Crippen molar-refractivity contribution in [2.24, 2.45) is 0 Å². The molecule has 1 fully saturated rings. The van der Waals surface area contributed by atoms with Crippen LogP contribution in [0.5, 0.6) is 0 Å². The third-order valence-electron chi connectivity index (χ3n) is 3.50. The minimum Gasteiger partial charge on any atom is -0.383 e. The molecule has 0 radical (unpaired) electrons. The number of amides is 1. The zero-order valence-electron chi connectivity index (χ0n) is 12.1. The first-order chi connectivity index (χ1) is 9.88. The van der Waals surface area contributed by atoms with Gasteiger partial charge >= 0.3 is 0 Å². The maximum Gasteiger partial charge on any atom is 0.270 e. The zero-order valence-corrected chi connectivity index (χ0v) is 13.7. The van der Waals surface area contributed by atoms with Crippen LogP contribution in [0.4, 0.5) is 0 Å². The van der Waals surface area contributed by atoms with Gasteiger partial charge in [-0.25, -0.2) is 8.42 Å². The van der Waals surface area contributed by atoms with E-state index in [1.807, 2.05) is 6.92 Å². The van der Waals surface area contributed by atoms with Gasteiger partial charge in [-0.15, -0.1) is 0 Å². The third kappa shape index (κ3) is 3.78. The van der Waals surface area contributed by atoms with Crippen LogP contribution in [0.3, 0.4) is 0 Å². The quantitative estimate of drug-likeness (QED) is 0.711. The number of hydrogen-bond donors (Lipinski definition) is 0. The van der Waals surface area contributed by atoms with E-state index in [1.165, 1.54) is 12.3 Å². The Hall–Kier alpha value is -1.05. The lowest BCUT2D eigenvalue weighted by Crippen LogP contribution is -2.34. The third-order valence-corrected chi connectivity index (χ3v) is 4.82. The van der Waals surface area contributed by atoms with Gasteiger partial charge in [0.2, 0.25) is 0 Å². The van der Waals surface area contributed by atoms with Gasteiger partial charge in [-0.2, -0.15) is 0 Å². The Balaban J connectivity index is 2.35. The molecule has 6 nitrogen and oxygen atoms in total. The van der Waals surface area contributed by atoms with E-state index in [4.69, 9.17) is 15.4 Å². The minimum absolute atomic E-state index is 0.0598. The van der Waals surface area contributed by atoms with Crippen molar-refractivity contribution in [2.75, 3.05) is 20.3 Å². The van der Waals surface area contributed by atoms with E-state index >= 15 is 0 Å². The Kier molecular flexibility index (Phi) is 4.95. The molecular formula is C13H19ClN2O4S. The molecule has 0 spiro atoms. The van der Waals surface area contributed by atoms with Gasteiger partial charge in [-0.1, -0.05) is 0 Å². The van der Waals surface area contributed by atoms with Crippen LogP contribution in [-0.2, 0) is 20.3 Å². The van der Waals surface area contributed by atoms with E-state index < -0.39 is 9.05 Å². The van der Waals surface area contributed by atoms with Crippen molar-refractivity contribution >= 4 is 25.6 Å².